The van der Waals surface area contributed by atoms with Gasteiger partial charge in [-0.25, -0.2) is 4.40 Å². The Morgan fingerprint density at radius 1 is 1.26 bits per heavy atom. The maximum atomic E-state index is 12.4. The van der Waals surface area contributed by atoms with Crippen LogP contribution in [0, 0.1) is 6.92 Å². The van der Waals surface area contributed by atoms with Gasteiger partial charge in [0.15, 0.2) is 0 Å². The summed E-state index contributed by atoms with van der Waals surface area (Å²) in [4.78, 5) is 12.4. The summed E-state index contributed by atoms with van der Waals surface area (Å²) >= 11 is -1.29. The minimum Gasteiger partial charge on any atom is -0.609 e. The van der Waals surface area contributed by atoms with Gasteiger partial charge in [0, 0.05) is 22.8 Å². The number of fused-ring (bicyclic) bond motifs is 2. The van der Waals surface area contributed by atoms with Crippen LogP contribution in [-0.4, -0.2) is 25.4 Å². The molecule has 0 aliphatic rings. The highest BCUT2D eigenvalue weighted by molar-refractivity contribution is 7.90. The third kappa shape index (κ3) is 1.89. The number of hydrogen-bond donors (Lipinski definition) is 0. The quantitative estimate of drug-likeness (QED) is 0.626. The molecule has 1 unspecified atom stereocenters. The number of aryl methyl sites for hydroxylation is 1. The van der Waals surface area contributed by atoms with Crippen LogP contribution in [0.15, 0.2) is 40.4 Å². The summed E-state index contributed by atoms with van der Waals surface area (Å²) in [6.07, 6.45) is 3.20. The molecule has 0 aliphatic carbocycles. The molecule has 0 spiro atoms. The fourth-order valence-corrected chi connectivity index (χ4v) is 2.64. The van der Waals surface area contributed by atoms with E-state index in [-0.39, 0.29) is 16.2 Å². The van der Waals surface area contributed by atoms with E-state index in [1.54, 1.807) is 12.3 Å². The molecular weight excluding hydrogens is 262 g/mol. The first-order chi connectivity index (χ1) is 9.08. The van der Waals surface area contributed by atoms with Crippen LogP contribution in [-0.2, 0) is 11.2 Å². The highest BCUT2D eigenvalue weighted by Crippen LogP contribution is 2.14. The van der Waals surface area contributed by atoms with Gasteiger partial charge in [-0.1, -0.05) is 28.9 Å². The largest absolute Gasteiger partial charge is 0.609 e. The summed E-state index contributed by atoms with van der Waals surface area (Å²) in [5.41, 5.74) is 1.07. The van der Waals surface area contributed by atoms with Crippen LogP contribution in [0.25, 0.3) is 16.4 Å². The van der Waals surface area contributed by atoms with Crippen molar-refractivity contribution in [1.29, 1.82) is 0 Å². The van der Waals surface area contributed by atoms with Crippen molar-refractivity contribution >= 4 is 27.6 Å². The Hall–Kier alpha value is -1.92. The molecule has 0 saturated heterocycles. The molecule has 0 amide bonds. The molecule has 6 heteroatoms. The molecule has 1 aromatic carbocycles. The van der Waals surface area contributed by atoms with E-state index in [2.05, 4.69) is 10.2 Å². The lowest BCUT2D eigenvalue weighted by Gasteiger charge is -1.98. The number of hydrogen-bond acceptors (Lipinski definition) is 4. The fourth-order valence-electron chi connectivity index (χ4n) is 2.06. The van der Waals surface area contributed by atoms with Gasteiger partial charge in [-0.3, -0.25) is 4.79 Å². The summed E-state index contributed by atoms with van der Waals surface area (Å²) in [5, 5.41) is 9.38. The van der Waals surface area contributed by atoms with Crippen molar-refractivity contribution in [3.05, 3.63) is 46.2 Å². The van der Waals surface area contributed by atoms with E-state index >= 15 is 0 Å². The van der Waals surface area contributed by atoms with Crippen LogP contribution < -0.4 is 5.43 Å². The van der Waals surface area contributed by atoms with Gasteiger partial charge < -0.3 is 4.55 Å². The van der Waals surface area contributed by atoms with Crippen LogP contribution in [0.3, 0.4) is 0 Å². The maximum absolute atomic E-state index is 12.4. The first-order valence-electron chi connectivity index (χ1n) is 5.70. The highest BCUT2D eigenvalue weighted by atomic mass is 32.2. The van der Waals surface area contributed by atoms with Crippen LogP contribution in [0.5, 0.6) is 0 Å². The standard InChI is InChI=1S/C13H11N3O2S/c1-8-3-4-10-9(7-8)5-6-16-12(11(10)17)14-15-13(16)19(2)18/h3-7H,1-2H3. The van der Waals surface area contributed by atoms with Gasteiger partial charge in [-0.05, 0) is 18.4 Å². The van der Waals surface area contributed by atoms with Gasteiger partial charge in [0.05, 0.1) is 0 Å². The van der Waals surface area contributed by atoms with Crippen molar-refractivity contribution < 1.29 is 4.55 Å². The second-order valence-corrected chi connectivity index (χ2v) is 5.64. The minimum atomic E-state index is -1.29. The normalized spacial score (nSPS) is 13.0. The Bertz CT molecular complexity index is 842. The van der Waals surface area contributed by atoms with Gasteiger partial charge in [0.1, 0.15) is 6.26 Å². The molecule has 0 N–H and O–H groups in total. The first-order valence-corrected chi connectivity index (χ1v) is 7.25. The van der Waals surface area contributed by atoms with E-state index in [0.717, 1.165) is 10.9 Å². The molecule has 19 heavy (non-hydrogen) atoms. The van der Waals surface area contributed by atoms with Crippen molar-refractivity contribution in [3.63, 3.8) is 0 Å². The number of benzene rings is 1. The average molecular weight is 273 g/mol. The van der Waals surface area contributed by atoms with E-state index in [0.29, 0.717) is 5.39 Å². The van der Waals surface area contributed by atoms with E-state index < -0.39 is 11.2 Å². The molecule has 1 atom stereocenters. The van der Waals surface area contributed by atoms with Gasteiger partial charge in [-0.2, -0.15) is 0 Å². The average Bonchev–Trinajstić information content (AvgIpc) is 2.74. The minimum absolute atomic E-state index is 0.198. The molecule has 0 fully saturated rings. The number of aromatic nitrogens is 3. The topological polar surface area (TPSA) is 70.3 Å². The second-order valence-electron chi connectivity index (χ2n) is 4.37. The molecule has 3 aromatic rings. The third-order valence-corrected chi connectivity index (χ3v) is 3.77. The van der Waals surface area contributed by atoms with Gasteiger partial charge in [0.25, 0.3) is 0 Å². The van der Waals surface area contributed by atoms with E-state index in [1.165, 1.54) is 10.7 Å². The molecule has 0 bridgehead atoms. The molecule has 0 aliphatic heterocycles. The van der Waals surface area contributed by atoms with Crippen molar-refractivity contribution in [2.75, 3.05) is 6.26 Å². The fraction of sp³-hybridized carbons (Fsp3) is 0.154. The van der Waals surface area contributed by atoms with Crippen molar-refractivity contribution in [2.45, 2.75) is 12.1 Å². The Kier molecular flexibility index (Phi) is 2.76. The van der Waals surface area contributed by atoms with Crippen molar-refractivity contribution in [2.24, 2.45) is 0 Å². The molecule has 96 valence electrons. The summed E-state index contributed by atoms with van der Waals surface area (Å²) in [6.45, 7) is 1.97. The summed E-state index contributed by atoms with van der Waals surface area (Å²) in [7, 11) is 0. The predicted molar refractivity (Wildman–Crippen MR) is 73.8 cm³/mol. The third-order valence-electron chi connectivity index (χ3n) is 2.98. The van der Waals surface area contributed by atoms with Crippen LogP contribution in [0.1, 0.15) is 5.56 Å². The SMILES string of the molecule is Cc1ccc2c(=O)c3nnc([S+](C)[O-])n3ccc2c1. The van der Waals surface area contributed by atoms with Gasteiger partial charge in [0.2, 0.25) is 11.1 Å². The lowest BCUT2D eigenvalue weighted by Crippen LogP contribution is -2.05. The zero-order valence-electron chi connectivity index (χ0n) is 10.5. The van der Waals surface area contributed by atoms with Gasteiger partial charge in [-0.15, -0.1) is 5.10 Å². The Balaban J connectivity index is 2.52. The van der Waals surface area contributed by atoms with Crippen molar-refractivity contribution in [1.82, 2.24) is 14.6 Å². The summed E-state index contributed by atoms with van der Waals surface area (Å²) in [5.74, 6) is 0. The highest BCUT2D eigenvalue weighted by Gasteiger charge is 2.16. The molecule has 2 heterocycles. The van der Waals surface area contributed by atoms with Crippen molar-refractivity contribution in [3.8, 4) is 0 Å². The van der Waals surface area contributed by atoms with E-state index in [9.17, 15) is 9.35 Å². The summed E-state index contributed by atoms with van der Waals surface area (Å²) in [6, 6.07) is 7.42. The molecule has 5 nitrogen and oxygen atoms in total. The smallest absolute Gasteiger partial charge is 0.347 e. The zero-order chi connectivity index (χ0) is 13.6. The Morgan fingerprint density at radius 2 is 2.05 bits per heavy atom. The lowest BCUT2D eigenvalue weighted by molar-refractivity contribution is 0.590. The van der Waals surface area contributed by atoms with Crippen LogP contribution in [0.4, 0.5) is 0 Å². The molecule has 0 radical (unpaired) electrons. The Labute approximate surface area is 112 Å². The number of rotatable bonds is 1. The molecule has 3 rings (SSSR count). The first kappa shape index (κ1) is 12.1. The predicted octanol–water partition coefficient (Wildman–Crippen LogP) is 1.29. The zero-order valence-corrected chi connectivity index (χ0v) is 11.3. The molecule has 2 aromatic heterocycles. The Morgan fingerprint density at radius 3 is 2.79 bits per heavy atom. The van der Waals surface area contributed by atoms with E-state index in [1.807, 2.05) is 25.1 Å². The second kappa shape index (κ2) is 4.32. The molecule has 0 saturated carbocycles. The van der Waals surface area contributed by atoms with Crippen LogP contribution in [0.2, 0.25) is 0 Å². The monoisotopic (exact) mass is 273 g/mol. The van der Waals surface area contributed by atoms with E-state index in [4.69, 9.17) is 0 Å². The number of nitrogens with zero attached hydrogens (tertiary/aromatic N) is 3. The van der Waals surface area contributed by atoms with Crippen LogP contribution >= 0.6 is 0 Å². The summed E-state index contributed by atoms with van der Waals surface area (Å²) < 4.78 is 13.1. The maximum Gasteiger partial charge on any atom is 0.347 e. The lowest BCUT2D eigenvalue weighted by atomic mass is 10.1. The molecular formula is C13H11N3O2S. The van der Waals surface area contributed by atoms with Gasteiger partial charge >= 0.3 is 5.16 Å².